The van der Waals surface area contributed by atoms with Crippen LogP contribution in [0.3, 0.4) is 0 Å². The molecule has 0 atom stereocenters. The molecule has 0 aliphatic rings. The number of nitrogens with zero attached hydrogens (tertiary/aromatic N) is 1. The predicted molar refractivity (Wildman–Crippen MR) is 107 cm³/mol. The molecule has 0 saturated heterocycles. The van der Waals surface area contributed by atoms with E-state index in [0.29, 0.717) is 0 Å². The van der Waals surface area contributed by atoms with Crippen molar-refractivity contribution in [3.63, 3.8) is 0 Å². The minimum Gasteiger partial charge on any atom is -0.494 e. The van der Waals surface area contributed by atoms with Gasteiger partial charge in [0.15, 0.2) is 0 Å². The van der Waals surface area contributed by atoms with Crippen molar-refractivity contribution in [1.29, 1.82) is 0 Å². The molecule has 0 aromatic heterocycles. The minimum atomic E-state index is -0.400. The average molecular weight is 353 g/mol. The molecule has 0 bridgehead atoms. The van der Waals surface area contributed by atoms with E-state index < -0.39 is 4.92 Å². The van der Waals surface area contributed by atoms with Crippen molar-refractivity contribution in [2.24, 2.45) is 0 Å². The van der Waals surface area contributed by atoms with Crippen molar-refractivity contribution in [1.82, 2.24) is 0 Å². The number of unbranched alkanes of at least 4 members (excludes halogenated alkanes) is 5. The van der Waals surface area contributed by atoms with Crippen molar-refractivity contribution < 1.29 is 9.66 Å². The van der Waals surface area contributed by atoms with E-state index in [1.165, 1.54) is 44.2 Å². The molecule has 4 heteroatoms. The van der Waals surface area contributed by atoms with Crippen LogP contribution < -0.4 is 4.74 Å². The second-order valence-corrected chi connectivity index (χ2v) is 6.42. The fraction of sp³-hybridized carbons (Fsp3) is 0.364. The Kier molecular flexibility index (Phi) is 7.87. The van der Waals surface area contributed by atoms with Crippen LogP contribution in [0.15, 0.2) is 55.1 Å². The monoisotopic (exact) mass is 353 g/mol. The summed E-state index contributed by atoms with van der Waals surface area (Å²) in [6.45, 7) is 7.07. The summed E-state index contributed by atoms with van der Waals surface area (Å²) in [5, 5.41) is 10.7. The highest BCUT2D eigenvalue weighted by Crippen LogP contribution is 2.25. The maximum atomic E-state index is 10.7. The van der Waals surface area contributed by atoms with Gasteiger partial charge in [0.25, 0.3) is 5.69 Å². The molecular formula is C22H27NO3. The van der Waals surface area contributed by atoms with Crippen LogP contribution in [0.25, 0.3) is 5.57 Å². The van der Waals surface area contributed by atoms with Crippen molar-refractivity contribution in [3.05, 3.63) is 76.4 Å². The Morgan fingerprint density at radius 2 is 1.46 bits per heavy atom. The van der Waals surface area contributed by atoms with Crippen LogP contribution in [0.4, 0.5) is 5.69 Å². The summed E-state index contributed by atoms with van der Waals surface area (Å²) in [4.78, 5) is 10.3. The first-order valence-electron chi connectivity index (χ1n) is 9.28. The summed E-state index contributed by atoms with van der Waals surface area (Å²) < 4.78 is 5.79. The summed E-state index contributed by atoms with van der Waals surface area (Å²) in [6, 6.07) is 14.3. The third-order valence-electron chi connectivity index (χ3n) is 4.40. The number of benzene rings is 2. The normalized spacial score (nSPS) is 10.5. The summed E-state index contributed by atoms with van der Waals surface area (Å²) in [5.41, 5.74) is 2.77. The highest BCUT2D eigenvalue weighted by atomic mass is 16.6. The fourth-order valence-corrected chi connectivity index (χ4v) is 2.78. The summed E-state index contributed by atoms with van der Waals surface area (Å²) in [6.07, 6.45) is 7.49. The Balaban J connectivity index is 1.82. The van der Waals surface area contributed by atoms with Gasteiger partial charge in [-0.25, -0.2) is 0 Å². The molecule has 4 nitrogen and oxygen atoms in total. The van der Waals surface area contributed by atoms with Gasteiger partial charge in [0.1, 0.15) is 5.75 Å². The highest BCUT2D eigenvalue weighted by molar-refractivity contribution is 5.78. The van der Waals surface area contributed by atoms with E-state index in [0.717, 1.165) is 35.5 Å². The number of nitro benzene ring substituents is 1. The zero-order valence-electron chi connectivity index (χ0n) is 15.4. The quantitative estimate of drug-likeness (QED) is 0.267. The summed E-state index contributed by atoms with van der Waals surface area (Å²) in [7, 11) is 0. The van der Waals surface area contributed by atoms with Crippen LogP contribution in [-0.2, 0) is 0 Å². The molecule has 0 fully saturated rings. The SMILES string of the molecule is C=C(c1ccc(OCCCCCCCC)cc1)c1ccc([N+](=O)[O-])cc1. The second kappa shape index (κ2) is 10.4. The second-order valence-electron chi connectivity index (χ2n) is 6.42. The Morgan fingerprint density at radius 3 is 2.04 bits per heavy atom. The largest absolute Gasteiger partial charge is 0.494 e. The van der Waals surface area contributed by atoms with E-state index in [4.69, 9.17) is 4.74 Å². The number of hydrogen-bond acceptors (Lipinski definition) is 3. The van der Waals surface area contributed by atoms with Crippen molar-refractivity contribution in [2.45, 2.75) is 45.4 Å². The molecule has 0 amide bonds. The predicted octanol–water partition coefficient (Wildman–Crippen LogP) is 6.40. The van der Waals surface area contributed by atoms with Crippen LogP contribution in [0, 0.1) is 10.1 Å². The Bertz CT molecular complexity index is 705. The van der Waals surface area contributed by atoms with E-state index in [-0.39, 0.29) is 5.69 Å². The van der Waals surface area contributed by atoms with Gasteiger partial charge < -0.3 is 4.74 Å². The van der Waals surface area contributed by atoms with Crippen LogP contribution in [-0.4, -0.2) is 11.5 Å². The molecular weight excluding hydrogens is 326 g/mol. The molecule has 0 spiro atoms. The van der Waals surface area contributed by atoms with Gasteiger partial charge in [0.2, 0.25) is 0 Å². The molecule has 0 aliphatic carbocycles. The number of rotatable bonds is 11. The highest BCUT2D eigenvalue weighted by Gasteiger charge is 2.07. The van der Waals surface area contributed by atoms with Crippen LogP contribution in [0.5, 0.6) is 5.75 Å². The Hall–Kier alpha value is -2.62. The van der Waals surface area contributed by atoms with E-state index in [9.17, 15) is 10.1 Å². The van der Waals surface area contributed by atoms with Gasteiger partial charge in [-0.2, -0.15) is 0 Å². The van der Waals surface area contributed by atoms with Gasteiger partial charge in [-0.05, 0) is 47.4 Å². The van der Waals surface area contributed by atoms with Gasteiger partial charge in [-0.3, -0.25) is 10.1 Å². The van der Waals surface area contributed by atoms with Crippen molar-refractivity contribution >= 4 is 11.3 Å². The lowest BCUT2D eigenvalue weighted by molar-refractivity contribution is -0.384. The zero-order chi connectivity index (χ0) is 18.8. The van der Waals surface area contributed by atoms with Crippen LogP contribution >= 0.6 is 0 Å². The maximum absolute atomic E-state index is 10.7. The van der Waals surface area contributed by atoms with E-state index in [1.54, 1.807) is 12.1 Å². The number of non-ortho nitro benzene ring substituents is 1. The molecule has 138 valence electrons. The van der Waals surface area contributed by atoms with Crippen molar-refractivity contribution in [2.75, 3.05) is 6.61 Å². The van der Waals surface area contributed by atoms with E-state index in [1.807, 2.05) is 24.3 Å². The van der Waals surface area contributed by atoms with E-state index in [2.05, 4.69) is 13.5 Å². The molecule has 0 aliphatic heterocycles. The summed E-state index contributed by atoms with van der Waals surface area (Å²) >= 11 is 0. The molecule has 0 radical (unpaired) electrons. The van der Waals surface area contributed by atoms with Gasteiger partial charge >= 0.3 is 0 Å². The number of ether oxygens (including phenoxy) is 1. The van der Waals surface area contributed by atoms with Gasteiger partial charge in [0.05, 0.1) is 11.5 Å². The standard InChI is InChI=1S/C22H27NO3/c1-3-4-5-6-7-8-17-26-22-15-11-20(12-16-22)18(2)19-9-13-21(14-10-19)23(24)25/h9-16H,2-8,17H2,1H3. The Labute approximate surface area is 155 Å². The first kappa shape index (κ1) is 19.7. The van der Waals surface area contributed by atoms with Crippen molar-refractivity contribution in [3.8, 4) is 5.75 Å². The smallest absolute Gasteiger partial charge is 0.269 e. The number of hydrogen-bond donors (Lipinski definition) is 0. The number of nitro groups is 1. The topological polar surface area (TPSA) is 52.4 Å². The molecule has 0 N–H and O–H groups in total. The molecule has 0 unspecified atom stereocenters. The molecule has 2 aromatic carbocycles. The third kappa shape index (κ3) is 6.03. The molecule has 2 rings (SSSR count). The average Bonchev–Trinajstić information content (AvgIpc) is 2.67. The summed E-state index contributed by atoms with van der Waals surface area (Å²) in [5.74, 6) is 0.860. The van der Waals surface area contributed by atoms with Gasteiger partial charge in [0, 0.05) is 12.1 Å². The first-order valence-corrected chi connectivity index (χ1v) is 9.28. The van der Waals surface area contributed by atoms with Crippen LogP contribution in [0.2, 0.25) is 0 Å². The lowest BCUT2D eigenvalue weighted by Crippen LogP contribution is -1.97. The maximum Gasteiger partial charge on any atom is 0.269 e. The first-order chi connectivity index (χ1) is 12.6. The molecule has 2 aromatic rings. The fourth-order valence-electron chi connectivity index (χ4n) is 2.78. The minimum absolute atomic E-state index is 0.0833. The Morgan fingerprint density at radius 1 is 0.923 bits per heavy atom. The molecule has 0 saturated carbocycles. The van der Waals surface area contributed by atoms with Gasteiger partial charge in [-0.1, -0.05) is 57.7 Å². The molecule has 26 heavy (non-hydrogen) atoms. The van der Waals surface area contributed by atoms with Gasteiger partial charge in [-0.15, -0.1) is 0 Å². The third-order valence-corrected chi connectivity index (χ3v) is 4.40. The van der Waals surface area contributed by atoms with Crippen LogP contribution in [0.1, 0.15) is 56.6 Å². The molecule has 0 heterocycles. The lowest BCUT2D eigenvalue weighted by Gasteiger charge is -2.09. The van der Waals surface area contributed by atoms with E-state index >= 15 is 0 Å². The zero-order valence-corrected chi connectivity index (χ0v) is 15.4. The lowest BCUT2D eigenvalue weighted by atomic mass is 9.99.